The zero-order valence-electron chi connectivity index (χ0n) is 13.3. The van der Waals surface area contributed by atoms with Gasteiger partial charge in [-0.25, -0.2) is 0 Å². The number of anilines is 1. The van der Waals surface area contributed by atoms with Crippen molar-refractivity contribution in [3.63, 3.8) is 0 Å². The first kappa shape index (κ1) is 16.0. The van der Waals surface area contributed by atoms with E-state index in [-0.39, 0.29) is 0 Å². The van der Waals surface area contributed by atoms with Crippen molar-refractivity contribution in [1.29, 1.82) is 0 Å². The van der Waals surface area contributed by atoms with Crippen LogP contribution in [0, 0.1) is 34.6 Å². The SMILES string of the molecule is Cc1c(C)c(C)c(NCCNC(C)CN)c(C)c1C. The van der Waals surface area contributed by atoms with Gasteiger partial charge in [0.2, 0.25) is 0 Å². The van der Waals surface area contributed by atoms with Crippen LogP contribution in [0.1, 0.15) is 34.7 Å². The topological polar surface area (TPSA) is 50.1 Å². The van der Waals surface area contributed by atoms with Crippen LogP contribution in [-0.2, 0) is 0 Å². The highest BCUT2D eigenvalue weighted by Gasteiger charge is 2.11. The summed E-state index contributed by atoms with van der Waals surface area (Å²) in [5.41, 5.74) is 13.8. The van der Waals surface area contributed by atoms with E-state index in [4.69, 9.17) is 5.73 Å². The highest BCUT2D eigenvalue weighted by Crippen LogP contribution is 2.29. The molecule has 1 atom stereocenters. The Labute approximate surface area is 118 Å². The molecule has 3 heteroatoms. The molecule has 0 aliphatic heterocycles. The number of hydrogen-bond acceptors (Lipinski definition) is 3. The molecule has 0 aliphatic carbocycles. The zero-order chi connectivity index (χ0) is 14.6. The molecule has 1 rings (SSSR count). The molecule has 0 saturated heterocycles. The van der Waals surface area contributed by atoms with Gasteiger partial charge in [-0.15, -0.1) is 0 Å². The van der Waals surface area contributed by atoms with Gasteiger partial charge < -0.3 is 16.4 Å². The number of rotatable bonds is 6. The van der Waals surface area contributed by atoms with Gasteiger partial charge in [-0.1, -0.05) is 0 Å². The van der Waals surface area contributed by atoms with Crippen molar-refractivity contribution in [2.24, 2.45) is 5.73 Å². The second kappa shape index (κ2) is 6.92. The molecule has 0 amide bonds. The van der Waals surface area contributed by atoms with Crippen LogP contribution in [0.25, 0.3) is 0 Å². The lowest BCUT2D eigenvalue weighted by molar-refractivity contribution is 0.568. The molecule has 1 unspecified atom stereocenters. The van der Waals surface area contributed by atoms with Crippen LogP contribution in [0.5, 0.6) is 0 Å². The van der Waals surface area contributed by atoms with Gasteiger partial charge in [0.05, 0.1) is 0 Å². The fraction of sp³-hybridized carbons (Fsp3) is 0.625. The molecule has 0 saturated carbocycles. The summed E-state index contributed by atoms with van der Waals surface area (Å²) in [7, 11) is 0. The summed E-state index contributed by atoms with van der Waals surface area (Å²) < 4.78 is 0. The number of nitrogens with one attached hydrogen (secondary N) is 2. The van der Waals surface area contributed by atoms with Crippen LogP contribution in [-0.4, -0.2) is 25.7 Å². The molecule has 0 fully saturated rings. The van der Waals surface area contributed by atoms with Gasteiger partial charge in [0, 0.05) is 31.4 Å². The summed E-state index contributed by atoms with van der Waals surface area (Å²) in [4.78, 5) is 0. The quantitative estimate of drug-likeness (QED) is 0.691. The van der Waals surface area contributed by atoms with Crippen molar-refractivity contribution in [3.05, 3.63) is 27.8 Å². The van der Waals surface area contributed by atoms with Gasteiger partial charge in [0.15, 0.2) is 0 Å². The van der Waals surface area contributed by atoms with E-state index >= 15 is 0 Å². The molecule has 3 nitrogen and oxygen atoms in total. The van der Waals surface area contributed by atoms with E-state index in [0.29, 0.717) is 12.6 Å². The lowest BCUT2D eigenvalue weighted by Crippen LogP contribution is -2.36. The highest BCUT2D eigenvalue weighted by atomic mass is 15.0. The lowest BCUT2D eigenvalue weighted by atomic mass is 9.93. The first-order valence-electron chi connectivity index (χ1n) is 7.14. The number of hydrogen-bond donors (Lipinski definition) is 3. The molecule has 0 radical (unpaired) electrons. The Hall–Kier alpha value is -1.06. The third-order valence-electron chi connectivity index (χ3n) is 4.27. The molecule has 0 heterocycles. The average Bonchev–Trinajstić information content (AvgIpc) is 2.41. The van der Waals surface area contributed by atoms with E-state index in [0.717, 1.165) is 13.1 Å². The van der Waals surface area contributed by atoms with Crippen LogP contribution < -0.4 is 16.4 Å². The summed E-state index contributed by atoms with van der Waals surface area (Å²) in [6, 6.07) is 0.380. The van der Waals surface area contributed by atoms with Gasteiger partial charge in [-0.3, -0.25) is 0 Å². The van der Waals surface area contributed by atoms with Crippen molar-refractivity contribution in [1.82, 2.24) is 5.32 Å². The fourth-order valence-corrected chi connectivity index (χ4v) is 2.35. The van der Waals surface area contributed by atoms with E-state index in [2.05, 4.69) is 52.2 Å². The third-order valence-corrected chi connectivity index (χ3v) is 4.27. The Morgan fingerprint density at radius 3 is 1.79 bits per heavy atom. The fourth-order valence-electron chi connectivity index (χ4n) is 2.35. The minimum atomic E-state index is 0.380. The Balaban J connectivity index is 2.74. The Morgan fingerprint density at radius 2 is 1.32 bits per heavy atom. The van der Waals surface area contributed by atoms with E-state index < -0.39 is 0 Å². The molecular formula is C16H29N3. The smallest absolute Gasteiger partial charge is 0.0405 e. The van der Waals surface area contributed by atoms with Crippen molar-refractivity contribution in [2.75, 3.05) is 25.0 Å². The van der Waals surface area contributed by atoms with Crippen LogP contribution in [0.2, 0.25) is 0 Å². The van der Waals surface area contributed by atoms with Crippen LogP contribution in [0.3, 0.4) is 0 Å². The minimum Gasteiger partial charge on any atom is -0.383 e. The summed E-state index contributed by atoms with van der Waals surface area (Å²) in [6.07, 6.45) is 0. The Bertz CT molecular complexity index is 409. The highest BCUT2D eigenvalue weighted by molar-refractivity contribution is 5.64. The minimum absolute atomic E-state index is 0.380. The van der Waals surface area contributed by atoms with E-state index in [1.165, 1.54) is 33.5 Å². The average molecular weight is 263 g/mol. The molecule has 0 aliphatic rings. The third kappa shape index (κ3) is 3.71. The molecule has 4 N–H and O–H groups in total. The standard InChI is InChI=1S/C16H29N3/c1-10(9-17)18-7-8-19-16-14(5)12(3)11(2)13(4)15(16)6/h10,18-19H,7-9,17H2,1-6H3. The molecule has 0 aromatic heterocycles. The monoisotopic (exact) mass is 263 g/mol. The summed E-state index contributed by atoms with van der Waals surface area (Å²) >= 11 is 0. The van der Waals surface area contributed by atoms with Gasteiger partial charge in [-0.2, -0.15) is 0 Å². The number of benzene rings is 1. The summed E-state index contributed by atoms with van der Waals surface area (Å²) in [5.74, 6) is 0. The zero-order valence-corrected chi connectivity index (χ0v) is 13.3. The predicted molar refractivity (Wildman–Crippen MR) is 85.1 cm³/mol. The second-order valence-electron chi connectivity index (χ2n) is 5.52. The van der Waals surface area contributed by atoms with Crippen LogP contribution >= 0.6 is 0 Å². The van der Waals surface area contributed by atoms with E-state index in [1.807, 2.05) is 0 Å². The molecular weight excluding hydrogens is 234 g/mol. The van der Waals surface area contributed by atoms with E-state index in [9.17, 15) is 0 Å². The summed E-state index contributed by atoms with van der Waals surface area (Å²) in [6.45, 7) is 15.7. The Kier molecular flexibility index (Phi) is 5.83. The molecule has 1 aromatic rings. The lowest BCUT2D eigenvalue weighted by Gasteiger charge is -2.20. The van der Waals surface area contributed by atoms with Gasteiger partial charge >= 0.3 is 0 Å². The first-order chi connectivity index (χ1) is 8.90. The van der Waals surface area contributed by atoms with Gasteiger partial charge in [0.25, 0.3) is 0 Å². The number of nitrogens with two attached hydrogens (primary N) is 1. The van der Waals surface area contributed by atoms with Gasteiger partial charge in [0.1, 0.15) is 0 Å². The predicted octanol–water partition coefficient (Wildman–Crippen LogP) is 2.58. The van der Waals surface area contributed by atoms with Crippen molar-refractivity contribution in [3.8, 4) is 0 Å². The van der Waals surface area contributed by atoms with Crippen molar-refractivity contribution in [2.45, 2.75) is 47.6 Å². The molecule has 1 aromatic carbocycles. The molecule has 0 bridgehead atoms. The maximum absolute atomic E-state index is 5.59. The maximum Gasteiger partial charge on any atom is 0.0405 e. The largest absolute Gasteiger partial charge is 0.383 e. The normalized spacial score (nSPS) is 12.6. The maximum atomic E-state index is 5.59. The van der Waals surface area contributed by atoms with Crippen LogP contribution in [0.15, 0.2) is 0 Å². The second-order valence-corrected chi connectivity index (χ2v) is 5.52. The molecule has 108 valence electrons. The van der Waals surface area contributed by atoms with Crippen molar-refractivity contribution < 1.29 is 0 Å². The Morgan fingerprint density at radius 1 is 0.842 bits per heavy atom. The van der Waals surface area contributed by atoms with Gasteiger partial charge in [-0.05, 0) is 69.4 Å². The van der Waals surface area contributed by atoms with E-state index in [1.54, 1.807) is 0 Å². The molecule has 0 spiro atoms. The summed E-state index contributed by atoms with van der Waals surface area (Å²) in [5, 5.41) is 6.96. The van der Waals surface area contributed by atoms with Crippen molar-refractivity contribution >= 4 is 5.69 Å². The first-order valence-corrected chi connectivity index (χ1v) is 7.14. The molecule has 19 heavy (non-hydrogen) atoms. The van der Waals surface area contributed by atoms with Crippen LogP contribution in [0.4, 0.5) is 5.69 Å².